The van der Waals surface area contributed by atoms with E-state index < -0.39 is 11.9 Å². The molecule has 0 unspecified atom stereocenters. The third kappa shape index (κ3) is 8850. The first-order valence-electron chi connectivity index (χ1n) is 2.02. The van der Waals surface area contributed by atoms with Crippen molar-refractivity contribution in [2.45, 2.75) is 13.8 Å². The molecule has 11 heavy (non-hydrogen) atoms. The molecule has 0 saturated heterocycles. The molecule has 7 heteroatoms. The van der Waals surface area contributed by atoms with Gasteiger partial charge in [-0.3, -0.25) is 10.5 Å². The molecule has 0 saturated carbocycles. The third-order valence-corrected chi connectivity index (χ3v) is 0. The van der Waals surface area contributed by atoms with Crippen LogP contribution in [0.2, 0.25) is 0 Å². The molecular weight excluding hydrogens is 235 g/mol. The number of carboxylic acid groups (broad SMARTS) is 2. The van der Waals surface area contributed by atoms with E-state index in [1.54, 1.807) is 0 Å². The molecular formula is C4H8O6Zr. The molecule has 64 valence electrons. The molecule has 0 aliphatic rings. The minimum absolute atomic E-state index is 0. The van der Waals surface area contributed by atoms with Crippen LogP contribution in [0.15, 0.2) is 0 Å². The summed E-state index contributed by atoms with van der Waals surface area (Å²) in [7, 11) is 0. The van der Waals surface area contributed by atoms with E-state index in [1.165, 1.54) is 0 Å². The van der Waals surface area contributed by atoms with Gasteiger partial charge < -0.3 is 19.8 Å². The summed E-state index contributed by atoms with van der Waals surface area (Å²) in [6.45, 7) is 1.94. The van der Waals surface area contributed by atoms with Crippen molar-refractivity contribution in [3.8, 4) is 0 Å². The van der Waals surface area contributed by atoms with Gasteiger partial charge in [-0.05, 0) is 13.8 Å². The summed E-state index contributed by atoms with van der Waals surface area (Å²) in [5.74, 6) is -2.17. The third-order valence-electron chi connectivity index (χ3n) is 0. The van der Waals surface area contributed by atoms with Gasteiger partial charge in [0.25, 0.3) is 0 Å². The monoisotopic (exact) mass is 242 g/mol. The van der Waals surface area contributed by atoms with Gasteiger partial charge >= 0.3 is 26.2 Å². The van der Waals surface area contributed by atoms with E-state index in [0.29, 0.717) is 0 Å². The molecule has 0 aromatic carbocycles. The second kappa shape index (κ2) is 22.6. The van der Waals surface area contributed by atoms with Gasteiger partial charge in [0.15, 0.2) is 0 Å². The summed E-state index contributed by atoms with van der Waals surface area (Å²) in [5, 5.41) is 29.8. The molecule has 0 radical (unpaired) electrons. The summed E-state index contributed by atoms with van der Waals surface area (Å²) >= 11 is 0. The van der Waals surface area contributed by atoms with E-state index in [-0.39, 0.29) is 26.2 Å². The number of carbonyl (C=O) groups excluding carboxylic acids is 2. The first-order valence-corrected chi connectivity index (χ1v) is 2.02. The molecule has 0 atom stereocenters. The molecule has 0 spiro atoms. The largest absolute Gasteiger partial charge is 2.00 e. The minimum atomic E-state index is -1.08. The van der Waals surface area contributed by atoms with Crippen LogP contribution in [0.1, 0.15) is 13.8 Å². The Balaban J connectivity index is -0.0000000339. The number of aliphatic carboxylic acids is 2. The van der Waals surface area contributed by atoms with Gasteiger partial charge in [0.1, 0.15) is 0 Å². The molecule has 6 nitrogen and oxygen atoms in total. The van der Waals surface area contributed by atoms with Crippen LogP contribution < -0.4 is 10.2 Å². The smallest absolute Gasteiger partial charge is 0.550 e. The molecule has 0 rings (SSSR count). The van der Waals surface area contributed by atoms with Crippen molar-refractivity contribution in [2.75, 3.05) is 0 Å². The fourth-order valence-corrected chi connectivity index (χ4v) is 0. The van der Waals surface area contributed by atoms with Crippen molar-refractivity contribution in [3.05, 3.63) is 0 Å². The quantitative estimate of drug-likeness (QED) is 0.359. The van der Waals surface area contributed by atoms with Crippen LogP contribution in [0.4, 0.5) is 0 Å². The average Bonchev–Trinajstić information content (AvgIpc) is 1.66. The van der Waals surface area contributed by atoms with E-state index in [4.69, 9.17) is 30.3 Å². The van der Waals surface area contributed by atoms with Crippen molar-refractivity contribution in [2.24, 2.45) is 0 Å². The zero-order valence-corrected chi connectivity index (χ0v) is 8.49. The Morgan fingerprint density at radius 1 is 1.00 bits per heavy atom. The maximum Gasteiger partial charge on any atom is 2.00 e. The molecule has 0 aliphatic heterocycles. The molecule has 0 amide bonds. The van der Waals surface area contributed by atoms with Gasteiger partial charge in [0.2, 0.25) is 0 Å². The number of rotatable bonds is 0. The Bertz CT molecular complexity index is 72.6. The van der Waals surface area contributed by atoms with E-state index >= 15 is 0 Å². The number of hydrogen-bond acceptors (Lipinski definition) is 6. The molecule has 0 aliphatic carbocycles. The van der Waals surface area contributed by atoms with Crippen molar-refractivity contribution in [3.63, 3.8) is 0 Å². The Morgan fingerprint density at radius 2 is 1.00 bits per heavy atom. The molecule has 0 aromatic heterocycles. The van der Waals surface area contributed by atoms with E-state index in [2.05, 4.69) is 0 Å². The van der Waals surface area contributed by atoms with Gasteiger partial charge in [-0.2, -0.15) is 0 Å². The molecule has 0 aromatic rings. The molecule has 0 bridgehead atoms. The van der Waals surface area contributed by atoms with Gasteiger partial charge in [-0.1, -0.05) is 0 Å². The Morgan fingerprint density at radius 3 is 1.00 bits per heavy atom. The van der Waals surface area contributed by atoms with Crippen LogP contribution in [-0.4, -0.2) is 22.5 Å². The SMILES string of the molecule is CC(=O)[O-].CC(=O)[O-].OO.[Zr+2]. The number of hydrogen-bond donors (Lipinski definition) is 2. The Kier molecular flexibility index (Phi) is 46.0. The first kappa shape index (κ1) is 22.4. The summed E-state index contributed by atoms with van der Waals surface area (Å²) in [6.07, 6.45) is 0. The van der Waals surface area contributed by atoms with Gasteiger partial charge in [-0.25, -0.2) is 0 Å². The van der Waals surface area contributed by atoms with E-state index in [0.717, 1.165) is 13.8 Å². The Hall–Kier alpha value is -0.257. The maximum atomic E-state index is 8.89. The van der Waals surface area contributed by atoms with Crippen LogP contribution in [0.25, 0.3) is 0 Å². The maximum absolute atomic E-state index is 8.89. The molecule has 2 N–H and O–H groups in total. The second-order valence-corrected chi connectivity index (χ2v) is 0.983. The van der Waals surface area contributed by atoms with Gasteiger partial charge in [0.05, 0.1) is 0 Å². The predicted molar refractivity (Wildman–Crippen MR) is 26.6 cm³/mol. The van der Waals surface area contributed by atoms with Crippen molar-refractivity contribution in [1.29, 1.82) is 0 Å². The van der Waals surface area contributed by atoms with Crippen LogP contribution in [-0.2, 0) is 35.8 Å². The predicted octanol–water partition coefficient (Wildman–Crippen LogP) is -2.47. The molecule has 0 heterocycles. The van der Waals surface area contributed by atoms with Gasteiger partial charge in [-0.15, -0.1) is 0 Å². The molecule has 0 fully saturated rings. The first-order chi connectivity index (χ1) is 4.46. The van der Waals surface area contributed by atoms with E-state index in [1.807, 2.05) is 0 Å². The van der Waals surface area contributed by atoms with Crippen molar-refractivity contribution >= 4 is 11.9 Å². The second-order valence-electron chi connectivity index (χ2n) is 0.983. The van der Waals surface area contributed by atoms with Crippen LogP contribution in [0, 0.1) is 0 Å². The van der Waals surface area contributed by atoms with Crippen LogP contribution in [0.5, 0.6) is 0 Å². The normalized spacial score (nSPS) is 5.09. The van der Waals surface area contributed by atoms with Gasteiger partial charge in [0, 0.05) is 11.9 Å². The van der Waals surface area contributed by atoms with Crippen LogP contribution in [0.3, 0.4) is 0 Å². The number of carboxylic acids is 2. The van der Waals surface area contributed by atoms with Crippen LogP contribution >= 0.6 is 0 Å². The summed E-state index contributed by atoms with van der Waals surface area (Å²) < 4.78 is 0. The standard InChI is InChI=1S/2C2H4O2.H2O2.Zr/c2*1-2(3)4;1-2;/h2*1H3,(H,3,4);1-2H;/q;;;+2/p-2. The summed E-state index contributed by atoms with van der Waals surface area (Å²) in [4.78, 5) is 17.8. The van der Waals surface area contributed by atoms with Crippen molar-refractivity contribution in [1.82, 2.24) is 0 Å². The van der Waals surface area contributed by atoms with Crippen molar-refractivity contribution < 1.29 is 56.5 Å². The summed E-state index contributed by atoms with van der Waals surface area (Å²) in [6, 6.07) is 0. The minimum Gasteiger partial charge on any atom is -0.550 e. The number of carbonyl (C=O) groups is 2. The van der Waals surface area contributed by atoms with E-state index in [9.17, 15) is 0 Å². The average molecular weight is 243 g/mol. The zero-order valence-electron chi connectivity index (χ0n) is 6.03. The zero-order chi connectivity index (χ0) is 9.15. The topological polar surface area (TPSA) is 121 Å². The Labute approximate surface area is 82.5 Å². The fraction of sp³-hybridized carbons (Fsp3) is 0.500. The summed E-state index contributed by atoms with van der Waals surface area (Å²) in [5.41, 5.74) is 0. The fourth-order valence-electron chi connectivity index (χ4n) is 0.